The van der Waals surface area contributed by atoms with Gasteiger partial charge in [-0.15, -0.1) is 0 Å². The molecule has 108 valence electrons. The number of carbonyl (C=O) groups excluding carboxylic acids is 1. The number of hydrogen-bond acceptors (Lipinski definition) is 5. The van der Waals surface area contributed by atoms with Gasteiger partial charge in [-0.25, -0.2) is 4.79 Å². The Labute approximate surface area is 118 Å². The van der Waals surface area contributed by atoms with Gasteiger partial charge >= 0.3 is 5.97 Å². The van der Waals surface area contributed by atoms with E-state index in [9.17, 15) is 4.79 Å². The van der Waals surface area contributed by atoms with Gasteiger partial charge in [-0.2, -0.15) is 0 Å². The lowest BCUT2D eigenvalue weighted by Crippen LogP contribution is -2.22. The second-order valence-electron chi connectivity index (χ2n) is 5.20. The minimum Gasteiger partial charge on any atom is -0.493 e. The number of rotatable bonds is 6. The fraction of sp³-hybridized carbons (Fsp3) is 0.533. The van der Waals surface area contributed by atoms with Crippen LogP contribution in [0.25, 0.3) is 0 Å². The van der Waals surface area contributed by atoms with Crippen molar-refractivity contribution in [1.82, 2.24) is 5.32 Å². The fourth-order valence-electron chi connectivity index (χ4n) is 2.21. The molecule has 0 amide bonds. The van der Waals surface area contributed by atoms with Gasteiger partial charge in [0.2, 0.25) is 0 Å². The average Bonchev–Trinajstić information content (AvgIpc) is 3.21. The van der Waals surface area contributed by atoms with Crippen LogP contribution in [0.5, 0.6) is 11.5 Å². The van der Waals surface area contributed by atoms with Crippen LogP contribution in [0, 0.1) is 0 Å². The Morgan fingerprint density at radius 2 is 2.15 bits per heavy atom. The van der Waals surface area contributed by atoms with E-state index in [1.165, 1.54) is 12.8 Å². The van der Waals surface area contributed by atoms with Gasteiger partial charge in [0.15, 0.2) is 17.6 Å². The standard InChI is InChI=1S/C15H19NO4/c1-18-14-8-10(9-16-11-3-4-11)2-5-12(14)20-13-6-7-19-15(13)17/h2,5,8,11,13,16H,3-4,6-7,9H2,1H3. The second-order valence-corrected chi connectivity index (χ2v) is 5.20. The van der Waals surface area contributed by atoms with E-state index >= 15 is 0 Å². The van der Waals surface area contributed by atoms with E-state index < -0.39 is 6.10 Å². The minimum absolute atomic E-state index is 0.300. The van der Waals surface area contributed by atoms with Crippen molar-refractivity contribution in [3.63, 3.8) is 0 Å². The van der Waals surface area contributed by atoms with Crippen molar-refractivity contribution in [1.29, 1.82) is 0 Å². The van der Waals surface area contributed by atoms with Crippen LogP contribution < -0.4 is 14.8 Å². The molecule has 2 aliphatic rings. The van der Waals surface area contributed by atoms with Crippen molar-refractivity contribution in [2.45, 2.75) is 38.0 Å². The van der Waals surface area contributed by atoms with E-state index in [2.05, 4.69) is 5.32 Å². The summed E-state index contributed by atoms with van der Waals surface area (Å²) in [6.07, 6.45) is 2.61. The summed E-state index contributed by atoms with van der Waals surface area (Å²) in [5.74, 6) is 0.942. The van der Waals surface area contributed by atoms with Crippen molar-refractivity contribution >= 4 is 5.97 Å². The van der Waals surface area contributed by atoms with E-state index in [0.29, 0.717) is 30.6 Å². The highest BCUT2D eigenvalue weighted by Crippen LogP contribution is 2.30. The first kappa shape index (κ1) is 13.2. The monoisotopic (exact) mass is 277 g/mol. The molecule has 1 atom stereocenters. The van der Waals surface area contributed by atoms with Gasteiger partial charge < -0.3 is 19.5 Å². The predicted molar refractivity (Wildman–Crippen MR) is 72.8 cm³/mol. The number of benzene rings is 1. The maximum atomic E-state index is 11.4. The SMILES string of the molecule is COc1cc(CNC2CC2)ccc1OC1CCOC1=O. The van der Waals surface area contributed by atoms with Crippen molar-refractivity contribution in [3.8, 4) is 11.5 Å². The van der Waals surface area contributed by atoms with Crippen molar-refractivity contribution < 1.29 is 19.0 Å². The highest BCUT2D eigenvalue weighted by molar-refractivity contribution is 5.77. The number of hydrogen-bond donors (Lipinski definition) is 1. The second kappa shape index (κ2) is 5.71. The zero-order chi connectivity index (χ0) is 13.9. The molecule has 1 unspecified atom stereocenters. The lowest BCUT2D eigenvalue weighted by Gasteiger charge is -2.14. The number of methoxy groups -OCH3 is 1. The number of carbonyl (C=O) groups is 1. The molecule has 1 heterocycles. The lowest BCUT2D eigenvalue weighted by molar-refractivity contribution is -0.143. The molecule has 5 nitrogen and oxygen atoms in total. The quantitative estimate of drug-likeness (QED) is 0.801. The van der Waals surface area contributed by atoms with Gasteiger partial charge in [0.25, 0.3) is 0 Å². The summed E-state index contributed by atoms with van der Waals surface area (Å²) in [5, 5.41) is 3.45. The summed E-state index contributed by atoms with van der Waals surface area (Å²) in [5.41, 5.74) is 1.15. The Morgan fingerprint density at radius 1 is 1.30 bits per heavy atom. The maximum Gasteiger partial charge on any atom is 0.347 e. The Morgan fingerprint density at radius 3 is 2.80 bits per heavy atom. The molecule has 1 aliphatic heterocycles. The molecule has 20 heavy (non-hydrogen) atoms. The van der Waals surface area contributed by atoms with E-state index in [1.807, 2.05) is 18.2 Å². The van der Waals surface area contributed by atoms with Gasteiger partial charge in [0.05, 0.1) is 13.7 Å². The van der Waals surface area contributed by atoms with Gasteiger partial charge in [-0.1, -0.05) is 6.07 Å². The van der Waals surface area contributed by atoms with Crippen molar-refractivity contribution in [2.75, 3.05) is 13.7 Å². The van der Waals surface area contributed by atoms with Crippen LogP contribution in [-0.2, 0) is 16.1 Å². The summed E-state index contributed by atoms with van der Waals surface area (Å²) in [7, 11) is 1.60. The Hall–Kier alpha value is -1.75. The summed E-state index contributed by atoms with van der Waals surface area (Å²) < 4.78 is 15.9. The van der Waals surface area contributed by atoms with Crippen LogP contribution in [0.4, 0.5) is 0 Å². The predicted octanol–water partition coefficient (Wildman–Crippen LogP) is 1.64. The van der Waals surface area contributed by atoms with Crippen molar-refractivity contribution in [2.24, 2.45) is 0 Å². The number of ether oxygens (including phenoxy) is 3. The van der Waals surface area contributed by atoms with Gasteiger partial charge in [-0.3, -0.25) is 0 Å². The topological polar surface area (TPSA) is 56.8 Å². The van der Waals surface area contributed by atoms with E-state index in [-0.39, 0.29) is 5.97 Å². The van der Waals surface area contributed by atoms with Crippen LogP contribution in [0.15, 0.2) is 18.2 Å². The molecule has 1 N–H and O–H groups in total. The molecule has 1 saturated carbocycles. The molecule has 1 aliphatic carbocycles. The van der Waals surface area contributed by atoms with E-state index in [0.717, 1.165) is 12.1 Å². The third kappa shape index (κ3) is 3.04. The maximum absolute atomic E-state index is 11.4. The molecule has 0 aromatic heterocycles. The molecule has 1 saturated heterocycles. The zero-order valence-electron chi connectivity index (χ0n) is 11.6. The molecule has 1 aromatic rings. The molecule has 2 fully saturated rings. The van der Waals surface area contributed by atoms with Crippen LogP contribution in [0.1, 0.15) is 24.8 Å². The average molecular weight is 277 g/mol. The third-order valence-electron chi connectivity index (χ3n) is 3.56. The minimum atomic E-state index is -0.515. The van der Waals surface area contributed by atoms with E-state index in [4.69, 9.17) is 14.2 Å². The Bertz CT molecular complexity index is 499. The van der Waals surface area contributed by atoms with Crippen LogP contribution in [0.3, 0.4) is 0 Å². The van der Waals surface area contributed by atoms with E-state index in [1.54, 1.807) is 7.11 Å². The molecular formula is C15H19NO4. The first-order valence-electron chi connectivity index (χ1n) is 7.00. The third-order valence-corrected chi connectivity index (χ3v) is 3.56. The summed E-state index contributed by atoms with van der Waals surface area (Å²) in [6, 6.07) is 6.47. The van der Waals surface area contributed by atoms with Crippen molar-refractivity contribution in [3.05, 3.63) is 23.8 Å². The Kier molecular flexibility index (Phi) is 3.78. The van der Waals surface area contributed by atoms with Gasteiger partial charge in [0.1, 0.15) is 0 Å². The number of cyclic esters (lactones) is 1. The molecule has 0 bridgehead atoms. The summed E-state index contributed by atoms with van der Waals surface area (Å²) in [4.78, 5) is 11.4. The highest BCUT2D eigenvalue weighted by atomic mass is 16.6. The molecule has 0 spiro atoms. The zero-order valence-corrected chi connectivity index (χ0v) is 11.6. The van der Waals surface area contributed by atoms with Crippen LogP contribution in [-0.4, -0.2) is 31.8 Å². The lowest BCUT2D eigenvalue weighted by atomic mass is 10.2. The number of nitrogens with one attached hydrogen (secondary N) is 1. The molecule has 5 heteroatoms. The molecular weight excluding hydrogens is 258 g/mol. The van der Waals surface area contributed by atoms with Gasteiger partial charge in [-0.05, 0) is 30.5 Å². The normalized spacial score (nSPS) is 21.6. The van der Waals surface area contributed by atoms with Crippen LogP contribution >= 0.6 is 0 Å². The summed E-state index contributed by atoms with van der Waals surface area (Å²) in [6.45, 7) is 1.25. The molecule has 0 radical (unpaired) electrons. The fourth-order valence-corrected chi connectivity index (χ4v) is 2.21. The number of esters is 1. The smallest absolute Gasteiger partial charge is 0.347 e. The highest BCUT2D eigenvalue weighted by Gasteiger charge is 2.29. The Balaban J connectivity index is 1.67. The first-order valence-corrected chi connectivity index (χ1v) is 7.00. The largest absolute Gasteiger partial charge is 0.493 e. The summed E-state index contributed by atoms with van der Waals surface area (Å²) >= 11 is 0. The first-order chi connectivity index (χ1) is 9.76. The van der Waals surface area contributed by atoms with Crippen LogP contribution in [0.2, 0.25) is 0 Å². The van der Waals surface area contributed by atoms with Gasteiger partial charge in [0, 0.05) is 19.0 Å². The molecule has 3 rings (SSSR count). The molecule has 1 aromatic carbocycles.